The Hall–Kier alpha value is -3.06. The number of rotatable bonds is 4. The molecule has 152 valence electrons. The van der Waals surface area contributed by atoms with Gasteiger partial charge in [0, 0.05) is 23.6 Å². The van der Waals surface area contributed by atoms with Gasteiger partial charge in [0.25, 0.3) is 5.91 Å². The fourth-order valence-corrected chi connectivity index (χ4v) is 3.75. The molecular formula is C22H24N2O5. The highest BCUT2D eigenvalue weighted by molar-refractivity contribution is 5.93. The molecule has 1 atom stereocenters. The highest BCUT2D eigenvalue weighted by Crippen LogP contribution is 2.35. The van der Waals surface area contributed by atoms with Crippen molar-refractivity contribution in [3.8, 4) is 11.5 Å². The van der Waals surface area contributed by atoms with Gasteiger partial charge in [-0.3, -0.25) is 14.8 Å². The number of nitrogens with one attached hydrogen (secondary N) is 1. The number of carbonyl (C=O) groups excluding carboxylic acids is 2. The van der Waals surface area contributed by atoms with Gasteiger partial charge in [-0.2, -0.15) is 0 Å². The number of ether oxygens (including phenoxy) is 2. The molecule has 0 bridgehead atoms. The Kier molecular flexibility index (Phi) is 5.40. The van der Waals surface area contributed by atoms with E-state index in [4.69, 9.17) is 14.7 Å². The summed E-state index contributed by atoms with van der Waals surface area (Å²) in [4.78, 5) is 26.6. The lowest BCUT2D eigenvalue weighted by molar-refractivity contribution is -0.144. The third kappa shape index (κ3) is 4.05. The number of hydrogen-bond donors (Lipinski definition) is 2. The van der Waals surface area contributed by atoms with Crippen LogP contribution in [-0.2, 0) is 11.3 Å². The van der Waals surface area contributed by atoms with E-state index in [2.05, 4.69) is 0 Å². The monoisotopic (exact) mass is 396 g/mol. The molecule has 2 N–H and O–H groups in total. The summed E-state index contributed by atoms with van der Waals surface area (Å²) < 4.78 is 11.7. The summed E-state index contributed by atoms with van der Waals surface area (Å²) in [5.41, 5.74) is 2.77. The average Bonchev–Trinajstić information content (AvgIpc) is 2.88. The number of fused-ring (bicyclic) bond motifs is 1. The van der Waals surface area contributed by atoms with E-state index in [0.717, 1.165) is 11.3 Å². The summed E-state index contributed by atoms with van der Waals surface area (Å²) in [5.74, 6) is 0.857. The molecule has 0 saturated heterocycles. The van der Waals surface area contributed by atoms with Gasteiger partial charge in [0.05, 0.1) is 6.04 Å². The lowest BCUT2D eigenvalue weighted by Gasteiger charge is -2.38. The second kappa shape index (κ2) is 8.13. The zero-order chi connectivity index (χ0) is 20.4. The van der Waals surface area contributed by atoms with E-state index in [1.165, 1.54) is 0 Å². The summed E-state index contributed by atoms with van der Waals surface area (Å²) in [6, 6.07) is 14.5. The Morgan fingerprint density at radius 1 is 1.17 bits per heavy atom. The van der Waals surface area contributed by atoms with Crippen LogP contribution in [0.15, 0.2) is 48.5 Å². The van der Waals surface area contributed by atoms with Gasteiger partial charge >= 0.3 is 0 Å². The van der Waals surface area contributed by atoms with Crippen LogP contribution in [0.2, 0.25) is 0 Å². The third-order valence-electron chi connectivity index (χ3n) is 5.56. The van der Waals surface area contributed by atoms with E-state index < -0.39 is 5.91 Å². The van der Waals surface area contributed by atoms with Gasteiger partial charge in [-0.15, -0.1) is 0 Å². The lowest BCUT2D eigenvalue weighted by atomic mass is 9.81. The molecule has 1 heterocycles. The Morgan fingerprint density at radius 3 is 2.66 bits per heavy atom. The Morgan fingerprint density at radius 2 is 1.93 bits per heavy atom. The largest absolute Gasteiger partial charge is 0.491 e. The first-order chi connectivity index (χ1) is 14.0. The minimum absolute atomic E-state index is 0.0489. The summed E-state index contributed by atoms with van der Waals surface area (Å²) in [6.07, 6.45) is 1.48. The highest BCUT2D eigenvalue weighted by atomic mass is 16.5. The molecule has 0 aromatic heterocycles. The first kappa shape index (κ1) is 19.3. The first-order valence-corrected chi connectivity index (χ1v) is 9.77. The number of para-hydroxylation sites is 1. The molecule has 0 spiro atoms. The number of benzene rings is 2. The molecule has 4 rings (SSSR count). The summed E-state index contributed by atoms with van der Waals surface area (Å²) in [6.45, 7) is 2.73. The van der Waals surface area contributed by atoms with Crippen molar-refractivity contribution in [2.45, 2.75) is 38.5 Å². The molecule has 1 aliphatic carbocycles. The molecule has 7 nitrogen and oxygen atoms in total. The van der Waals surface area contributed by atoms with Crippen molar-refractivity contribution in [1.29, 1.82) is 0 Å². The van der Waals surface area contributed by atoms with Crippen molar-refractivity contribution in [2.75, 3.05) is 6.61 Å². The molecular weight excluding hydrogens is 372 g/mol. The number of hydrogen-bond acceptors (Lipinski definition) is 5. The van der Waals surface area contributed by atoms with E-state index in [0.29, 0.717) is 37.3 Å². The second-order valence-electron chi connectivity index (χ2n) is 7.61. The van der Waals surface area contributed by atoms with Gasteiger partial charge in [0.1, 0.15) is 24.2 Å². The maximum Gasteiger partial charge on any atom is 0.274 e. The SMILES string of the molecule is C[C@H]1COc2cc(C(=O)NO)ccc2CN1C(=O)[C@H]1C[C@H](Oc2ccccc2)C1. The first-order valence-electron chi connectivity index (χ1n) is 9.77. The quantitative estimate of drug-likeness (QED) is 0.613. The fourth-order valence-electron chi connectivity index (χ4n) is 3.75. The van der Waals surface area contributed by atoms with Crippen LogP contribution in [0.3, 0.4) is 0 Å². The topological polar surface area (TPSA) is 88.1 Å². The minimum atomic E-state index is -0.597. The molecule has 2 amide bonds. The smallest absolute Gasteiger partial charge is 0.274 e. The van der Waals surface area contributed by atoms with E-state index in [-0.39, 0.29) is 24.0 Å². The molecule has 2 aromatic carbocycles. The van der Waals surface area contributed by atoms with Crippen LogP contribution in [0.4, 0.5) is 0 Å². The van der Waals surface area contributed by atoms with Gasteiger partial charge in [0.15, 0.2) is 0 Å². The van der Waals surface area contributed by atoms with Crippen LogP contribution in [0, 0.1) is 5.92 Å². The summed E-state index contributed by atoms with van der Waals surface area (Å²) in [5, 5.41) is 8.81. The lowest BCUT2D eigenvalue weighted by Crippen LogP contribution is -2.48. The maximum absolute atomic E-state index is 13.1. The zero-order valence-electron chi connectivity index (χ0n) is 16.2. The molecule has 0 unspecified atom stereocenters. The summed E-state index contributed by atoms with van der Waals surface area (Å²) >= 11 is 0. The van der Waals surface area contributed by atoms with Gasteiger partial charge in [-0.25, -0.2) is 5.48 Å². The van der Waals surface area contributed by atoms with Gasteiger partial charge in [-0.1, -0.05) is 24.3 Å². The Labute approximate surface area is 169 Å². The molecule has 2 aromatic rings. The second-order valence-corrected chi connectivity index (χ2v) is 7.61. The molecule has 2 aliphatic rings. The fraction of sp³-hybridized carbons (Fsp3) is 0.364. The van der Waals surface area contributed by atoms with Crippen LogP contribution in [0.25, 0.3) is 0 Å². The molecule has 1 saturated carbocycles. The Bertz CT molecular complexity index is 895. The van der Waals surface area contributed by atoms with Crippen molar-refractivity contribution in [1.82, 2.24) is 10.4 Å². The normalized spacial score (nSPS) is 23.1. The van der Waals surface area contributed by atoms with E-state index >= 15 is 0 Å². The average molecular weight is 396 g/mol. The maximum atomic E-state index is 13.1. The van der Waals surface area contributed by atoms with E-state index in [1.54, 1.807) is 23.7 Å². The molecule has 1 aliphatic heterocycles. The van der Waals surface area contributed by atoms with Crippen LogP contribution in [0.5, 0.6) is 11.5 Å². The molecule has 0 radical (unpaired) electrons. The standard InChI is InChI=1S/C22H24N2O5/c1-14-13-28-20-11-15(21(25)23-27)7-8-16(20)12-24(14)22(26)17-9-19(10-17)29-18-5-3-2-4-6-18/h2-8,11,14,17,19,27H,9-10,12-13H2,1H3,(H,23,25)/t14-,17-,19-/m0/s1. The van der Waals surface area contributed by atoms with Crippen molar-refractivity contribution in [3.63, 3.8) is 0 Å². The Balaban J connectivity index is 1.41. The van der Waals surface area contributed by atoms with Gasteiger partial charge in [-0.05, 0) is 44.0 Å². The predicted molar refractivity (Wildman–Crippen MR) is 105 cm³/mol. The zero-order valence-corrected chi connectivity index (χ0v) is 16.2. The van der Waals surface area contributed by atoms with Crippen LogP contribution < -0.4 is 15.0 Å². The van der Waals surface area contributed by atoms with E-state index in [1.807, 2.05) is 42.2 Å². The summed E-state index contributed by atoms with van der Waals surface area (Å²) in [7, 11) is 0. The van der Waals surface area contributed by atoms with Crippen molar-refractivity contribution in [2.24, 2.45) is 5.92 Å². The van der Waals surface area contributed by atoms with Crippen molar-refractivity contribution >= 4 is 11.8 Å². The third-order valence-corrected chi connectivity index (χ3v) is 5.56. The molecule has 29 heavy (non-hydrogen) atoms. The molecule has 1 fully saturated rings. The van der Waals surface area contributed by atoms with Crippen LogP contribution in [0.1, 0.15) is 35.7 Å². The van der Waals surface area contributed by atoms with Crippen molar-refractivity contribution < 1.29 is 24.3 Å². The van der Waals surface area contributed by atoms with Gasteiger partial charge < -0.3 is 14.4 Å². The molecule has 7 heteroatoms. The van der Waals surface area contributed by atoms with Crippen LogP contribution >= 0.6 is 0 Å². The highest BCUT2D eigenvalue weighted by Gasteiger charge is 2.40. The minimum Gasteiger partial charge on any atom is -0.491 e. The van der Waals surface area contributed by atoms with E-state index in [9.17, 15) is 9.59 Å². The van der Waals surface area contributed by atoms with Crippen molar-refractivity contribution in [3.05, 3.63) is 59.7 Å². The number of carbonyl (C=O) groups is 2. The number of nitrogens with zero attached hydrogens (tertiary/aromatic N) is 1. The van der Waals surface area contributed by atoms with Crippen LogP contribution in [-0.4, -0.2) is 40.7 Å². The van der Waals surface area contributed by atoms with Gasteiger partial charge in [0.2, 0.25) is 5.91 Å². The number of hydroxylamine groups is 1. The number of amides is 2. The predicted octanol–water partition coefficient (Wildman–Crippen LogP) is 2.77.